The van der Waals surface area contributed by atoms with Gasteiger partial charge in [-0.2, -0.15) is 0 Å². The molecule has 0 spiro atoms. The van der Waals surface area contributed by atoms with Gasteiger partial charge in [0.15, 0.2) is 11.6 Å². The molecule has 0 aromatic heterocycles. The highest BCUT2D eigenvalue weighted by atomic mass is 19.1. The molecule has 0 heterocycles. The van der Waals surface area contributed by atoms with Gasteiger partial charge in [0.05, 0.1) is 20.3 Å². The van der Waals surface area contributed by atoms with Crippen molar-refractivity contribution in [3.8, 4) is 5.75 Å². The molecular weight excluding hydrogens is 201 g/mol. The van der Waals surface area contributed by atoms with Crippen molar-refractivity contribution in [3.63, 3.8) is 0 Å². The largest absolute Gasteiger partial charge is 0.493 e. The van der Waals surface area contributed by atoms with E-state index in [2.05, 4.69) is 4.84 Å². The summed E-state index contributed by atoms with van der Waals surface area (Å²) in [5.41, 5.74) is 1.27. The highest BCUT2D eigenvalue weighted by Crippen LogP contribution is 2.25. The van der Waals surface area contributed by atoms with Crippen LogP contribution in [0, 0.1) is 5.82 Å². The van der Waals surface area contributed by atoms with Gasteiger partial charge in [0, 0.05) is 12.7 Å². The standard InChI is InChI=1S/C10H14FNO3/c1-13-5-7-3-8(6-15-12)10(14-2)9(11)4-7/h3-4H,5-6,12H2,1-2H3. The Hall–Kier alpha value is -1.17. The van der Waals surface area contributed by atoms with Gasteiger partial charge in [-0.1, -0.05) is 0 Å². The summed E-state index contributed by atoms with van der Waals surface area (Å²) in [6.07, 6.45) is 0. The zero-order valence-corrected chi connectivity index (χ0v) is 8.75. The fourth-order valence-electron chi connectivity index (χ4n) is 1.39. The minimum absolute atomic E-state index is 0.0949. The zero-order valence-electron chi connectivity index (χ0n) is 8.75. The summed E-state index contributed by atoms with van der Waals surface area (Å²) in [4.78, 5) is 4.47. The van der Waals surface area contributed by atoms with Crippen LogP contribution in [0.5, 0.6) is 5.75 Å². The molecule has 0 amide bonds. The lowest BCUT2D eigenvalue weighted by Crippen LogP contribution is -2.04. The molecule has 0 saturated heterocycles. The van der Waals surface area contributed by atoms with Crippen LogP contribution < -0.4 is 10.6 Å². The Balaban J connectivity index is 3.07. The monoisotopic (exact) mass is 215 g/mol. The smallest absolute Gasteiger partial charge is 0.165 e. The second kappa shape index (κ2) is 5.65. The Kier molecular flexibility index (Phi) is 4.48. The van der Waals surface area contributed by atoms with Crippen LogP contribution in [0.3, 0.4) is 0 Å². The molecule has 0 aliphatic heterocycles. The number of halogens is 1. The van der Waals surface area contributed by atoms with Gasteiger partial charge < -0.3 is 9.47 Å². The fraction of sp³-hybridized carbons (Fsp3) is 0.400. The van der Waals surface area contributed by atoms with Crippen LogP contribution >= 0.6 is 0 Å². The van der Waals surface area contributed by atoms with Crippen LogP contribution in [-0.2, 0) is 22.8 Å². The first-order chi connectivity index (χ1) is 7.22. The minimum atomic E-state index is -0.445. The lowest BCUT2D eigenvalue weighted by atomic mass is 10.1. The van der Waals surface area contributed by atoms with E-state index < -0.39 is 5.82 Å². The van der Waals surface area contributed by atoms with E-state index in [1.54, 1.807) is 13.2 Å². The lowest BCUT2D eigenvalue weighted by molar-refractivity contribution is 0.121. The van der Waals surface area contributed by atoms with E-state index in [0.717, 1.165) is 0 Å². The third kappa shape index (κ3) is 2.89. The Morgan fingerprint density at radius 3 is 2.53 bits per heavy atom. The molecule has 1 rings (SSSR count). The Morgan fingerprint density at radius 2 is 2.00 bits per heavy atom. The fourth-order valence-corrected chi connectivity index (χ4v) is 1.39. The molecule has 15 heavy (non-hydrogen) atoms. The number of methoxy groups -OCH3 is 2. The molecule has 1 aromatic carbocycles. The zero-order chi connectivity index (χ0) is 11.3. The van der Waals surface area contributed by atoms with Gasteiger partial charge in [-0.05, 0) is 17.7 Å². The number of rotatable bonds is 5. The number of ether oxygens (including phenoxy) is 2. The molecule has 0 aliphatic carbocycles. The Labute approximate surface area is 87.7 Å². The minimum Gasteiger partial charge on any atom is -0.493 e. The molecule has 0 unspecified atom stereocenters. The second-order valence-corrected chi connectivity index (χ2v) is 3.01. The van der Waals surface area contributed by atoms with E-state index in [0.29, 0.717) is 17.7 Å². The van der Waals surface area contributed by atoms with E-state index in [1.165, 1.54) is 13.2 Å². The molecule has 4 nitrogen and oxygen atoms in total. The van der Waals surface area contributed by atoms with Gasteiger partial charge in [0.25, 0.3) is 0 Å². The molecule has 2 N–H and O–H groups in total. The van der Waals surface area contributed by atoms with E-state index in [9.17, 15) is 4.39 Å². The third-order valence-electron chi connectivity index (χ3n) is 1.93. The molecule has 0 atom stereocenters. The molecule has 0 aliphatic rings. The molecule has 0 fully saturated rings. The molecule has 84 valence electrons. The molecule has 0 saturated carbocycles. The van der Waals surface area contributed by atoms with Crippen molar-refractivity contribution in [3.05, 3.63) is 29.1 Å². The van der Waals surface area contributed by atoms with Gasteiger partial charge in [-0.15, -0.1) is 0 Å². The van der Waals surface area contributed by atoms with Crippen LogP contribution in [0.2, 0.25) is 0 Å². The summed E-state index contributed by atoms with van der Waals surface area (Å²) < 4.78 is 23.3. The highest BCUT2D eigenvalue weighted by molar-refractivity contribution is 5.38. The van der Waals surface area contributed by atoms with Gasteiger partial charge in [-0.3, -0.25) is 4.84 Å². The van der Waals surface area contributed by atoms with Crippen molar-refractivity contribution < 1.29 is 18.7 Å². The number of nitrogens with two attached hydrogens (primary N) is 1. The van der Waals surface area contributed by atoms with Crippen LogP contribution in [0.1, 0.15) is 11.1 Å². The summed E-state index contributed by atoms with van der Waals surface area (Å²) in [7, 11) is 2.94. The molecule has 1 aromatic rings. The first-order valence-electron chi connectivity index (χ1n) is 4.38. The third-order valence-corrected chi connectivity index (χ3v) is 1.93. The van der Waals surface area contributed by atoms with Crippen molar-refractivity contribution in [1.82, 2.24) is 0 Å². The SMILES string of the molecule is COCc1cc(F)c(OC)c(CON)c1. The summed E-state index contributed by atoms with van der Waals surface area (Å²) in [6.45, 7) is 0.427. The second-order valence-electron chi connectivity index (χ2n) is 3.01. The lowest BCUT2D eigenvalue weighted by Gasteiger charge is -2.10. The van der Waals surface area contributed by atoms with Crippen molar-refractivity contribution in [1.29, 1.82) is 0 Å². The molecule has 0 bridgehead atoms. The van der Waals surface area contributed by atoms with E-state index in [1.807, 2.05) is 0 Å². The van der Waals surface area contributed by atoms with Crippen LogP contribution in [0.15, 0.2) is 12.1 Å². The number of benzene rings is 1. The number of hydrogen-bond donors (Lipinski definition) is 1. The van der Waals surface area contributed by atoms with Crippen molar-refractivity contribution in [2.24, 2.45) is 5.90 Å². The van der Waals surface area contributed by atoms with Crippen molar-refractivity contribution >= 4 is 0 Å². The topological polar surface area (TPSA) is 53.7 Å². The van der Waals surface area contributed by atoms with Crippen LogP contribution in [0.25, 0.3) is 0 Å². The summed E-state index contributed by atoms with van der Waals surface area (Å²) >= 11 is 0. The molecule has 0 radical (unpaired) electrons. The van der Waals surface area contributed by atoms with Gasteiger partial charge in [-0.25, -0.2) is 10.3 Å². The predicted molar refractivity (Wildman–Crippen MR) is 52.6 cm³/mol. The predicted octanol–water partition coefficient (Wildman–Crippen LogP) is 1.37. The first-order valence-corrected chi connectivity index (χ1v) is 4.38. The first kappa shape index (κ1) is 11.9. The normalized spacial score (nSPS) is 10.4. The average molecular weight is 215 g/mol. The van der Waals surface area contributed by atoms with E-state index in [-0.39, 0.29) is 12.4 Å². The average Bonchev–Trinajstić information content (AvgIpc) is 2.18. The summed E-state index contributed by atoms with van der Waals surface area (Å²) in [5.74, 6) is 4.66. The van der Waals surface area contributed by atoms with Crippen molar-refractivity contribution in [2.75, 3.05) is 14.2 Å². The molecule has 5 heteroatoms. The van der Waals surface area contributed by atoms with Crippen molar-refractivity contribution in [2.45, 2.75) is 13.2 Å². The summed E-state index contributed by atoms with van der Waals surface area (Å²) in [5, 5.41) is 0. The summed E-state index contributed by atoms with van der Waals surface area (Å²) in [6, 6.07) is 3.10. The van der Waals surface area contributed by atoms with Crippen LogP contribution in [-0.4, -0.2) is 14.2 Å². The maximum Gasteiger partial charge on any atom is 0.165 e. The maximum atomic E-state index is 13.5. The van der Waals surface area contributed by atoms with E-state index in [4.69, 9.17) is 15.4 Å². The van der Waals surface area contributed by atoms with Gasteiger partial charge in [0.2, 0.25) is 0 Å². The Bertz CT molecular complexity index is 331. The van der Waals surface area contributed by atoms with Crippen LogP contribution in [0.4, 0.5) is 4.39 Å². The quantitative estimate of drug-likeness (QED) is 0.754. The number of hydrogen-bond acceptors (Lipinski definition) is 4. The highest BCUT2D eigenvalue weighted by Gasteiger charge is 2.11. The maximum absolute atomic E-state index is 13.5. The van der Waals surface area contributed by atoms with Gasteiger partial charge in [0.1, 0.15) is 0 Å². The molecular formula is C10H14FNO3. The van der Waals surface area contributed by atoms with E-state index >= 15 is 0 Å². The van der Waals surface area contributed by atoms with Gasteiger partial charge >= 0.3 is 0 Å². The Morgan fingerprint density at radius 1 is 1.27 bits per heavy atom.